The molecule has 0 bridgehead atoms. The Morgan fingerprint density at radius 3 is 2.41 bits per heavy atom. The number of ether oxygens (including phenoxy) is 3. The molecular formula is C21H21ClN2O3. The summed E-state index contributed by atoms with van der Waals surface area (Å²) < 4.78 is 16.3. The van der Waals surface area contributed by atoms with Crippen LogP contribution in [0.5, 0.6) is 17.2 Å². The Hall–Kier alpha value is -2.92. The number of hydrogen-bond donors (Lipinski definition) is 0. The van der Waals surface area contributed by atoms with Crippen LogP contribution >= 0.6 is 12.4 Å². The monoisotopic (exact) mass is 384 g/mol. The Balaban J connectivity index is 0.00000210. The lowest BCUT2D eigenvalue weighted by molar-refractivity contribution is 0.358. The fourth-order valence-electron chi connectivity index (χ4n) is 3.34. The third-order valence-electron chi connectivity index (χ3n) is 4.62. The van der Waals surface area contributed by atoms with Gasteiger partial charge in [0.1, 0.15) is 11.3 Å². The number of aromatic nitrogens is 1. The van der Waals surface area contributed by atoms with Crippen LogP contribution in [0.2, 0.25) is 0 Å². The maximum absolute atomic E-state index is 5.56. The zero-order chi connectivity index (χ0) is 18.1. The average molecular weight is 385 g/mol. The topological polar surface area (TPSA) is 43.8 Å². The molecule has 140 valence electrons. The molecule has 0 radical (unpaired) electrons. The van der Waals surface area contributed by atoms with Gasteiger partial charge in [0.25, 0.3) is 0 Å². The van der Waals surface area contributed by atoms with Gasteiger partial charge in [-0.25, -0.2) is 0 Å². The third-order valence-corrected chi connectivity index (χ3v) is 4.62. The molecule has 4 rings (SSSR count). The van der Waals surface area contributed by atoms with E-state index in [1.54, 1.807) is 21.3 Å². The largest absolute Gasteiger partial charge is 0.497 e. The third kappa shape index (κ3) is 3.26. The van der Waals surface area contributed by atoms with E-state index in [4.69, 9.17) is 14.2 Å². The Morgan fingerprint density at radius 2 is 1.74 bits per heavy atom. The number of rotatable bonds is 5. The van der Waals surface area contributed by atoms with Gasteiger partial charge in [-0.1, -0.05) is 12.1 Å². The second-order valence-electron chi connectivity index (χ2n) is 6.05. The summed E-state index contributed by atoms with van der Waals surface area (Å²) in [7, 11) is 4.96. The lowest BCUT2D eigenvalue weighted by Gasteiger charge is -2.27. The maximum atomic E-state index is 5.56. The lowest BCUT2D eigenvalue weighted by Crippen LogP contribution is -2.18. The van der Waals surface area contributed by atoms with Crippen LogP contribution < -0.4 is 19.1 Å². The van der Waals surface area contributed by atoms with Gasteiger partial charge in [-0.2, -0.15) is 0 Å². The van der Waals surface area contributed by atoms with Gasteiger partial charge in [0, 0.05) is 24.3 Å². The van der Waals surface area contributed by atoms with E-state index in [2.05, 4.69) is 34.3 Å². The summed E-state index contributed by atoms with van der Waals surface area (Å²) in [5.74, 6) is 2.21. The van der Waals surface area contributed by atoms with Gasteiger partial charge < -0.3 is 19.1 Å². The van der Waals surface area contributed by atoms with Gasteiger partial charge in [0.15, 0.2) is 11.5 Å². The molecule has 0 atom stereocenters. The van der Waals surface area contributed by atoms with Crippen molar-refractivity contribution in [1.29, 1.82) is 0 Å². The Bertz CT molecular complexity index is 987. The molecule has 3 aromatic rings. The van der Waals surface area contributed by atoms with Crippen molar-refractivity contribution in [3.05, 3.63) is 59.9 Å². The van der Waals surface area contributed by atoms with Crippen molar-refractivity contribution >= 4 is 35.1 Å². The van der Waals surface area contributed by atoms with Crippen LogP contribution in [0, 0.1) is 0 Å². The molecule has 1 aromatic heterocycles. The first kappa shape index (κ1) is 18.9. The molecule has 2 aromatic carbocycles. The van der Waals surface area contributed by atoms with Gasteiger partial charge >= 0.3 is 0 Å². The highest BCUT2D eigenvalue weighted by Crippen LogP contribution is 2.43. The van der Waals surface area contributed by atoms with Gasteiger partial charge in [-0.05, 0) is 41.5 Å². The van der Waals surface area contributed by atoms with Crippen molar-refractivity contribution in [2.75, 3.05) is 26.2 Å². The van der Waals surface area contributed by atoms with Crippen molar-refractivity contribution in [2.45, 2.75) is 6.54 Å². The zero-order valence-corrected chi connectivity index (χ0v) is 16.2. The molecule has 0 N–H and O–H groups in total. The Kier molecular flexibility index (Phi) is 5.42. The van der Waals surface area contributed by atoms with Gasteiger partial charge in [-0.3, -0.25) is 4.98 Å². The summed E-state index contributed by atoms with van der Waals surface area (Å²) in [6.07, 6.45) is 5.99. The van der Waals surface area contributed by atoms with Crippen molar-refractivity contribution < 1.29 is 14.2 Å². The summed E-state index contributed by atoms with van der Waals surface area (Å²) >= 11 is 0. The fourth-order valence-corrected chi connectivity index (χ4v) is 3.34. The molecular weight excluding hydrogens is 364 g/mol. The Morgan fingerprint density at radius 1 is 0.963 bits per heavy atom. The van der Waals surface area contributed by atoms with Crippen LogP contribution in [0.3, 0.4) is 0 Å². The standard InChI is InChI=1S/C21H20N2O3.ClH/c1-24-16-6-4-14(5-7-16)13-23-11-9-15-12-18(25-2)21(26-3)20-19(15)17(23)8-10-22-20;/h4-12H,13H2,1-3H3;1H. The predicted octanol–water partition coefficient (Wildman–Crippen LogP) is 4.67. The molecule has 0 unspecified atom stereocenters. The van der Waals surface area contributed by atoms with Crippen LogP contribution in [-0.4, -0.2) is 26.3 Å². The first-order valence-corrected chi connectivity index (χ1v) is 8.36. The second-order valence-corrected chi connectivity index (χ2v) is 6.05. The van der Waals surface area contributed by atoms with Gasteiger partial charge in [0.2, 0.25) is 0 Å². The fraction of sp³-hybridized carbons (Fsp3) is 0.190. The van der Waals surface area contributed by atoms with E-state index < -0.39 is 0 Å². The van der Waals surface area contributed by atoms with Crippen molar-refractivity contribution in [2.24, 2.45) is 0 Å². The van der Waals surface area contributed by atoms with Crippen molar-refractivity contribution in [1.82, 2.24) is 4.98 Å². The van der Waals surface area contributed by atoms with Crippen molar-refractivity contribution in [3.63, 3.8) is 0 Å². The van der Waals surface area contributed by atoms with E-state index in [1.807, 2.05) is 30.5 Å². The van der Waals surface area contributed by atoms with Crippen LogP contribution in [-0.2, 0) is 6.54 Å². The molecule has 27 heavy (non-hydrogen) atoms. The number of halogens is 1. The van der Waals surface area contributed by atoms with Crippen molar-refractivity contribution in [3.8, 4) is 17.2 Å². The first-order chi connectivity index (χ1) is 12.7. The lowest BCUT2D eigenvalue weighted by atomic mass is 10.0. The molecule has 0 fully saturated rings. The van der Waals surface area contributed by atoms with E-state index in [0.717, 1.165) is 34.4 Å². The summed E-state index contributed by atoms with van der Waals surface area (Å²) in [5.41, 5.74) is 4.18. The number of methoxy groups -OCH3 is 3. The van der Waals surface area contributed by atoms with E-state index in [-0.39, 0.29) is 12.4 Å². The van der Waals surface area contributed by atoms with Crippen LogP contribution in [0.25, 0.3) is 17.0 Å². The summed E-state index contributed by atoms with van der Waals surface area (Å²) in [6.45, 7) is 0.757. The number of benzene rings is 2. The normalized spacial score (nSPS) is 11.9. The van der Waals surface area contributed by atoms with Gasteiger partial charge in [0.05, 0.1) is 27.0 Å². The highest BCUT2D eigenvalue weighted by Gasteiger charge is 2.21. The zero-order valence-electron chi connectivity index (χ0n) is 15.4. The average Bonchev–Trinajstić information content (AvgIpc) is 2.70. The molecule has 0 amide bonds. The van der Waals surface area contributed by atoms with E-state index >= 15 is 0 Å². The smallest absolute Gasteiger partial charge is 0.187 e. The number of nitrogens with zero attached hydrogens (tertiary/aromatic N) is 2. The summed E-state index contributed by atoms with van der Waals surface area (Å²) in [6, 6.07) is 12.1. The first-order valence-electron chi connectivity index (χ1n) is 8.36. The second kappa shape index (κ2) is 7.76. The molecule has 1 aliphatic heterocycles. The van der Waals surface area contributed by atoms with Crippen LogP contribution in [0.1, 0.15) is 11.1 Å². The molecule has 6 heteroatoms. The van der Waals surface area contributed by atoms with Gasteiger partial charge in [-0.15, -0.1) is 12.4 Å². The molecule has 0 spiro atoms. The molecule has 2 heterocycles. The number of pyridine rings is 1. The summed E-state index contributed by atoms with van der Waals surface area (Å²) in [4.78, 5) is 6.76. The number of hydrogen-bond acceptors (Lipinski definition) is 5. The van der Waals surface area contributed by atoms with E-state index in [1.165, 1.54) is 5.56 Å². The van der Waals surface area contributed by atoms with E-state index in [9.17, 15) is 0 Å². The molecule has 1 aliphatic rings. The maximum Gasteiger partial charge on any atom is 0.187 e. The summed E-state index contributed by atoms with van der Waals surface area (Å²) in [5, 5.41) is 1.07. The molecule has 0 saturated carbocycles. The van der Waals surface area contributed by atoms with E-state index in [0.29, 0.717) is 11.5 Å². The number of anilines is 1. The minimum absolute atomic E-state index is 0. The van der Waals surface area contributed by atoms with Crippen LogP contribution in [0.4, 0.5) is 5.69 Å². The predicted molar refractivity (Wildman–Crippen MR) is 110 cm³/mol. The highest BCUT2D eigenvalue weighted by atomic mass is 35.5. The van der Waals surface area contributed by atoms with Crippen LogP contribution in [0.15, 0.2) is 48.8 Å². The minimum Gasteiger partial charge on any atom is -0.497 e. The quantitative estimate of drug-likeness (QED) is 0.639. The molecule has 0 saturated heterocycles. The Labute approximate surface area is 164 Å². The molecule has 5 nitrogen and oxygen atoms in total. The molecule has 0 aliphatic carbocycles. The highest BCUT2D eigenvalue weighted by molar-refractivity contribution is 6.04. The SMILES string of the molecule is COc1ccc(CN2C=Cc3cc(OC)c(OC)c4nccc2c34)cc1.Cl. The minimum atomic E-state index is 0.